The first-order valence-electron chi connectivity index (χ1n) is 10.7. The fourth-order valence-corrected chi connectivity index (χ4v) is 4.56. The van der Waals surface area contributed by atoms with Crippen LogP contribution in [0.2, 0.25) is 5.02 Å². The van der Waals surface area contributed by atoms with E-state index in [9.17, 15) is 20.4 Å². The summed E-state index contributed by atoms with van der Waals surface area (Å²) in [5.41, 5.74) is 1.98. The van der Waals surface area contributed by atoms with Gasteiger partial charge in [-0.3, -0.25) is 4.90 Å². The van der Waals surface area contributed by atoms with Crippen molar-refractivity contribution in [3.63, 3.8) is 0 Å². The topological polar surface area (TPSA) is 106 Å². The lowest BCUT2D eigenvalue weighted by Crippen LogP contribution is -2.43. The molecule has 2 heterocycles. The predicted octanol–water partition coefficient (Wildman–Crippen LogP) is 2.30. The summed E-state index contributed by atoms with van der Waals surface area (Å²) in [4.78, 5) is 6.50. The van der Waals surface area contributed by atoms with Gasteiger partial charge in [0, 0.05) is 35.7 Å². The van der Waals surface area contributed by atoms with Crippen molar-refractivity contribution in [1.29, 1.82) is 0 Å². The predicted molar refractivity (Wildman–Crippen MR) is 121 cm³/mol. The number of aliphatic hydroxyl groups excluding tert-OH is 4. The molecule has 0 unspecified atom stereocenters. The van der Waals surface area contributed by atoms with Crippen molar-refractivity contribution in [2.24, 2.45) is 0 Å². The lowest BCUT2D eigenvalue weighted by Gasteiger charge is -2.23. The Morgan fingerprint density at radius 2 is 1.61 bits per heavy atom. The maximum Gasteiger partial charge on any atom is 0.123 e. The van der Waals surface area contributed by atoms with E-state index in [1.54, 1.807) is 11.3 Å². The largest absolute Gasteiger partial charge is 0.389 e. The molecule has 1 saturated heterocycles. The van der Waals surface area contributed by atoms with E-state index in [4.69, 9.17) is 16.3 Å². The third-order valence-electron chi connectivity index (χ3n) is 5.43. The molecule has 172 valence electrons. The van der Waals surface area contributed by atoms with Crippen LogP contribution >= 0.6 is 22.9 Å². The standard InChI is InChI=1S/C22H31ClN2O5S/c23-16-7-5-15(6-8-16)22-24-17(14-31-22)13-30-10-4-2-1-3-9-25-11-18(26)20(28)21(29)19(27)12-25/h5-8,14,18-21,26-29H,1-4,9-13H2/t18-,19-,20+,21+/m0/s1. The van der Waals surface area contributed by atoms with Crippen LogP contribution in [0.3, 0.4) is 0 Å². The second-order valence-electron chi connectivity index (χ2n) is 7.99. The van der Waals surface area contributed by atoms with E-state index in [0.29, 0.717) is 24.8 Å². The molecule has 3 rings (SSSR count). The minimum absolute atomic E-state index is 0.254. The third-order valence-corrected chi connectivity index (χ3v) is 6.63. The average Bonchev–Trinajstić information content (AvgIpc) is 3.20. The van der Waals surface area contributed by atoms with Gasteiger partial charge in [0.05, 0.1) is 24.5 Å². The number of unbranched alkanes of at least 4 members (excludes halogenated alkanes) is 3. The number of hydrogen-bond acceptors (Lipinski definition) is 8. The van der Waals surface area contributed by atoms with E-state index in [1.165, 1.54) is 0 Å². The summed E-state index contributed by atoms with van der Waals surface area (Å²) in [5.74, 6) is 0. The molecule has 0 saturated carbocycles. The Kier molecular flexibility index (Phi) is 9.68. The summed E-state index contributed by atoms with van der Waals surface area (Å²) in [6, 6.07) is 7.64. The van der Waals surface area contributed by atoms with Crippen LogP contribution in [0.15, 0.2) is 29.6 Å². The summed E-state index contributed by atoms with van der Waals surface area (Å²) < 4.78 is 5.74. The highest BCUT2D eigenvalue weighted by Crippen LogP contribution is 2.25. The molecule has 0 aliphatic carbocycles. The fourth-order valence-electron chi connectivity index (χ4n) is 3.63. The van der Waals surface area contributed by atoms with Crippen LogP contribution < -0.4 is 0 Å². The Hall–Kier alpha value is -1.10. The van der Waals surface area contributed by atoms with Crippen LogP contribution in [0.1, 0.15) is 31.4 Å². The van der Waals surface area contributed by atoms with Crippen molar-refractivity contribution in [3.05, 3.63) is 40.4 Å². The molecule has 1 aromatic carbocycles. The number of thiazole rings is 1. The van der Waals surface area contributed by atoms with Crippen molar-refractivity contribution >= 4 is 22.9 Å². The Balaban J connectivity index is 1.26. The van der Waals surface area contributed by atoms with Crippen LogP contribution in [0, 0.1) is 0 Å². The number of ether oxygens (including phenoxy) is 1. The van der Waals surface area contributed by atoms with Crippen LogP contribution in [0.5, 0.6) is 0 Å². The maximum atomic E-state index is 9.90. The molecular weight excluding hydrogens is 440 g/mol. The van der Waals surface area contributed by atoms with Gasteiger partial charge in [-0.15, -0.1) is 11.3 Å². The first-order valence-corrected chi connectivity index (χ1v) is 11.9. The molecule has 4 N–H and O–H groups in total. The molecule has 0 spiro atoms. The molecule has 2 aromatic rings. The molecule has 0 radical (unpaired) electrons. The van der Waals surface area contributed by atoms with Gasteiger partial charge in [0.25, 0.3) is 0 Å². The Labute approximate surface area is 191 Å². The van der Waals surface area contributed by atoms with Crippen molar-refractivity contribution in [3.8, 4) is 10.6 Å². The second kappa shape index (κ2) is 12.2. The number of rotatable bonds is 10. The number of aliphatic hydroxyl groups is 4. The van der Waals surface area contributed by atoms with Crippen molar-refractivity contribution in [2.75, 3.05) is 26.2 Å². The highest BCUT2D eigenvalue weighted by Gasteiger charge is 2.35. The minimum atomic E-state index is -1.31. The number of β-amino-alcohol motifs (C(OH)–C–C–N with tert-alkyl or cyclic N) is 2. The van der Waals surface area contributed by atoms with Crippen molar-refractivity contribution in [2.45, 2.75) is 56.7 Å². The zero-order chi connectivity index (χ0) is 22.2. The number of nitrogens with zero attached hydrogens (tertiary/aromatic N) is 2. The lowest BCUT2D eigenvalue weighted by molar-refractivity contribution is -0.0894. The van der Waals surface area contributed by atoms with Gasteiger partial charge in [0.1, 0.15) is 17.2 Å². The first kappa shape index (κ1) is 24.5. The van der Waals surface area contributed by atoms with Crippen LogP contribution in [-0.4, -0.2) is 81.0 Å². The van der Waals surface area contributed by atoms with E-state index in [-0.39, 0.29) is 13.1 Å². The van der Waals surface area contributed by atoms with Crippen LogP contribution in [-0.2, 0) is 11.3 Å². The van der Waals surface area contributed by atoms with Crippen LogP contribution in [0.4, 0.5) is 0 Å². The normalized spacial score (nSPS) is 24.9. The van der Waals surface area contributed by atoms with Gasteiger partial charge in [-0.1, -0.05) is 36.6 Å². The molecule has 7 nitrogen and oxygen atoms in total. The first-order chi connectivity index (χ1) is 14.9. The van der Waals surface area contributed by atoms with Gasteiger partial charge in [0.15, 0.2) is 0 Å². The smallest absolute Gasteiger partial charge is 0.123 e. The maximum absolute atomic E-state index is 9.90. The lowest BCUT2D eigenvalue weighted by atomic mass is 10.1. The zero-order valence-corrected chi connectivity index (χ0v) is 19.0. The summed E-state index contributed by atoms with van der Waals surface area (Å²) in [5, 5.41) is 43.0. The minimum Gasteiger partial charge on any atom is -0.389 e. The van der Waals surface area contributed by atoms with Gasteiger partial charge in [0.2, 0.25) is 0 Å². The van der Waals surface area contributed by atoms with Crippen LogP contribution in [0.25, 0.3) is 10.6 Å². The van der Waals surface area contributed by atoms with E-state index in [1.807, 2.05) is 34.5 Å². The van der Waals surface area contributed by atoms with Crippen molar-refractivity contribution < 1.29 is 25.2 Å². The van der Waals surface area contributed by atoms with Gasteiger partial charge < -0.3 is 25.2 Å². The van der Waals surface area contributed by atoms with E-state index in [0.717, 1.165) is 41.9 Å². The molecule has 0 amide bonds. The third kappa shape index (κ3) is 7.47. The van der Waals surface area contributed by atoms with E-state index >= 15 is 0 Å². The van der Waals surface area contributed by atoms with Gasteiger partial charge in [-0.25, -0.2) is 4.98 Å². The highest BCUT2D eigenvalue weighted by atomic mass is 35.5. The molecule has 4 atom stereocenters. The number of hydrogen-bond donors (Lipinski definition) is 4. The average molecular weight is 471 g/mol. The summed E-state index contributed by atoms with van der Waals surface area (Å²) in [6.07, 6.45) is -0.808. The summed E-state index contributed by atoms with van der Waals surface area (Å²) >= 11 is 7.52. The monoisotopic (exact) mass is 470 g/mol. The molecule has 1 fully saturated rings. The molecule has 1 aromatic heterocycles. The summed E-state index contributed by atoms with van der Waals surface area (Å²) in [6.45, 7) is 2.39. The quantitative estimate of drug-likeness (QED) is 0.395. The van der Waals surface area contributed by atoms with Gasteiger partial charge >= 0.3 is 0 Å². The Morgan fingerprint density at radius 3 is 2.29 bits per heavy atom. The van der Waals surface area contributed by atoms with Gasteiger partial charge in [-0.05, 0) is 31.5 Å². The molecular formula is C22H31ClN2O5S. The Bertz CT molecular complexity index is 774. The number of aromatic nitrogens is 1. The molecule has 31 heavy (non-hydrogen) atoms. The zero-order valence-electron chi connectivity index (χ0n) is 17.4. The molecule has 9 heteroatoms. The molecule has 0 bridgehead atoms. The molecule has 1 aliphatic rings. The van der Waals surface area contributed by atoms with E-state index < -0.39 is 24.4 Å². The van der Waals surface area contributed by atoms with Crippen molar-refractivity contribution in [1.82, 2.24) is 9.88 Å². The number of halogens is 1. The summed E-state index contributed by atoms with van der Waals surface area (Å²) in [7, 11) is 0. The van der Waals surface area contributed by atoms with Gasteiger partial charge in [-0.2, -0.15) is 0 Å². The number of likely N-dealkylation sites (tertiary alicyclic amines) is 1. The molecule has 1 aliphatic heterocycles. The van der Waals surface area contributed by atoms with E-state index in [2.05, 4.69) is 4.98 Å². The number of benzene rings is 1. The Morgan fingerprint density at radius 1 is 0.968 bits per heavy atom. The SMILES string of the molecule is O[C@H]1[C@H](O)[C@@H](O)CN(CCCCCCOCc2csc(-c3ccc(Cl)cc3)n2)C[C@@H]1O. The fraction of sp³-hybridized carbons (Fsp3) is 0.591. The second-order valence-corrected chi connectivity index (χ2v) is 9.29. The highest BCUT2D eigenvalue weighted by molar-refractivity contribution is 7.13.